The highest BCUT2D eigenvalue weighted by Crippen LogP contribution is 2.19. The molecule has 100 valence electrons. The summed E-state index contributed by atoms with van der Waals surface area (Å²) in [5.74, 6) is -0.166. The molecule has 0 aliphatic carbocycles. The Morgan fingerprint density at radius 3 is 2.83 bits per heavy atom. The van der Waals surface area contributed by atoms with Gasteiger partial charge in [-0.3, -0.25) is 4.79 Å². The number of carbonyl (C=O) groups is 1. The molecule has 0 aromatic heterocycles. The maximum Gasteiger partial charge on any atom is 0.251 e. The van der Waals surface area contributed by atoms with Crippen molar-refractivity contribution in [3.8, 4) is 0 Å². The van der Waals surface area contributed by atoms with Crippen LogP contribution in [0.4, 0.5) is 0 Å². The van der Waals surface area contributed by atoms with Crippen LogP contribution in [0.3, 0.4) is 0 Å². The minimum atomic E-state index is -0.166. The van der Waals surface area contributed by atoms with E-state index in [1.807, 2.05) is 0 Å². The second-order valence-corrected chi connectivity index (χ2v) is 4.96. The van der Waals surface area contributed by atoms with Gasteiger partial charge in [-0.25, -0.2) is 0 Å². The number of hydrogen-bond donors (Lipinski definition) is 2. The Bertz CT molecular complexity index is 381. The number of carbonyl (C=O) groups excluding carboxylic acids is 1. The normalized spacial score (nSPS) is 10.4. The van der Waals surface area contributed by atoms with Crippen molar-refractivity contribution in [1.82, 2.24) is 5.32 Å². The average Bonchev–Trinajstić information content (AvgIpc) is 2.32. The van der Waals surface area contributed by atoms with Gasteiger partial charge in [0.25, 0.3) is 5.91 Å². The Hall–Kier alpha value is -0.620. The van der Waals surface area contributed by atoms with Gasteiger partial charge in [0.1, 0.15) is 0 Å². The summed E-state index contributed by atoms with van der Waals surface area (Å²) in [6, 6.07) is 5.05. The van der Waals surface area contributed by atoms with Gasteiger partial charge < -0.3 is 15.2 Å². The highest BCUT2D eigenvalue weighted by molar-refractivity contribution is 9.10. The summed E-state index contributed by atoms with van der Waals surface area (Å²) in [5.41, 5.74) is 0.519. The summed E-state index contributed by atoms with van der Waals surface area (Å²) in [6.07, 6.45) is 0.702. The van der Waals surface area contributed by atoms with E-state index in [9.17, 15) is 4.79 Å². The quantitative estimate of drug-likeness (QED) is 0.751. The summed E-state index contributed by atoms with van der Waals surface area (Å²) < 4.78 is 5.85. The van der Waals surface area contributed by atoms with Gasteiger partial charge >= 0.3 is 0 Å². The lowest BCUT2D eigenvalue weighted by Gasteiger charge is -2.06. The molecule has 6 heteroatoms. The van der Waals surface area contributed by atoms with E-state index in [4.69, 9.17) is 21.4 Å². The SMILES string of the molecule is O=C(NCCCOCCO)c1cc(Cl)cc(Br)c1. The summed E-state index contributed by atoms with van der Waals surface area (Å²) in [7, 11) is 0. The van der Waals surface area contributed by atoms with Crippen LogP contribution in [0.2, 0.25) is 5.02 Å². The minimum absolute atomic E-state index is 0.0168. The Labute approximate surface area is 119 Å². The third-order valence-corrected chi connectivity index (χ3v) is 2.79. The molecule has 1 amide bonds. The van der Waals surface area contributed by atoms with Gasteiger partial charge in [-0.05, 0) is 24.6 Å². The lowest BCUT2D eigenvalue weighted by molar-refractivity contribution is 0.0867. The van der Waals surface area contributed by atoms with E-state index in [0.717, 1.165) is 4.47 Å². The molecule has 0 spiro atoms. The molecule has 2 N–H and O–H groups in total. The zero-order valence-corrected chi connectivity index (χ0v) is 12.1. The van der Waals surface area contributed by atoms with Gasteiger partial charge in [-0.1, -0.05) is 27.5 Å². The molecular weight excluding hydrogens is 321 g/mol. The van der Waals surface area contributed by atoms with E-state index in [1.165, 1.54) is 0 Å². The number of amides is 1. The largest absolute Gasteiger partial charge is 0.394 e. The van der Waals surface area contributed by atoms with E-state index >= 15 is 0 Å². The van der Waals surface area contributed by atoms with Crippen molar-refractivity contribution in [2.45, 2.75) is 6.42 Å². The number of aliphatic hydroxyl groups excluding tert-OH is 1. The first-order chi connectivity index (χ1) is 8.63. The van der Waals surface area contributed by atoms with Crippen LogP contribution in [0, 0.1) is 0 Å². The topological polar surface area (TPSA) is 58.6 Å². The van der Waals surface area contributed by atoms with Gasteiger partial charge in [0, 0.05) is 28.2 Å². The first kappa shape index (κ1) is 15.4. The highest BCUT2D eigenvalue weighted by Gasteiger charge is 2.06. The van der Waals surface area contributed by atoms with E-state index < -0.39 is 0 Å². The lowest BCUT2D eigenvalue weighted by Crippen LogP contribution is -2.25. The molecule has 1 rings (SSSR count). The van der Waals surface area contributed by atoms with Crippen LogP contribution < -0.4 is 5.32 Å². The Balaban J connectivity index is 2.32. The Morgan fingerprint density at radius 1 is 1.39 bits per heavy atom. The molecule has 4 nitrogen and oxygen atoms in total. The van der Waals surface area contributed by atoms with Gasteiger partial charge in [-0.15, -0.1) is 0 Å². The predicted octanol–water partition coefficient (Wildman–Crippen LogP) is 2.23. The second kappa shape index (κ2) is 8.48. The fourth-order valence-corrected chi connectivity index (χ4v) is 2.19. The van der Waals surface area contributed by atoms with Crippen molar-refractivity contribution in [1.29, 1.82) is 0 Å². The van der Waals surface area contributed by atoms with Gasteiger partial charge in [0.15, 0.2) is 0 Å². The molecule has 0 saturated carbocycles. The van der Waals surface area contributed by atoms with Crippen molar-refractivity contribution in [3.05, 3.63) is 33.3 Å². The van der Waals surface area contributed by atoms with Crippen molar-refractivity contribution < 1.29 is 14.6 Å². The molecule has 0 aliphatic heterocycles. The predicted molar refractivity (Wildman–Crippen MR) is 74.0 cm³/mol. The number of ether oxygens (including phenoxy) is 1. The summed E-state index contributed by atoms with van der Waals surface area (Å²) >= 11 is 9.14. The number of nitrogens with one attached hydrogen (secondary N) is 1. The molecule has 18 heavy (non-hydrogen) atoms. The van der Waals surface area contributed by atoms with Crippen LogP contribution in [-0.4, -0.2) is 37.4 Å². The van der Waals surface area contributed by atoms with Crippen LogP contribution >= 0.6 is 27.5 Å². The zero-order chi connectivity index (χ0) is 13.4. The highest BCUT2D eigenvalue weighted by atomic mass is 79.9. The molecule has 0 heterocycles. The molecule has 1 aromatic rings. The van der Waals surface area contributed by atoms with Gasteiger partial charge in [0.2, 0.25) is 0 Å². The molecule has 0 bridgehead atoms. The maximum absolute atomic E-state index is 11.8. The molecular formula is C12H15BrClNO3. The van der Waals surface area contributed by atoms with E-state index in [0.29, 0.717) is 36.8 Å². The third kappa shape index (κ3) is 5.82. The number of benzene rings is 1. The summed E-state index contributed by atoms with van der Waals surface area (Å²) in [6.45, 7) is 1.38. The van der Waals surface area contributed by atoms with Crippen molar-refractivity contribution in [2.75, 3.05) is 26.4 Å². The summed E-state index contributed by atoms with van der Waals surface area (Å²) in [4.78, 5) is 11.8. The fourth-order valence-electron chi connectivity index (χ4n) is 1.33. The molecule has 0 atom stereocenters. The average molecular weight is 337 g/mol. The fraction of sp³-hybridized carbons (Fsp3) is 0.417. The van der Waals surface area contributed by atoms with Crippen LogP contribution in [-0.2, 0) is 4.74 Å². The minimum Gasteiger partial charge on any atom is -0.394 e. The van der Waals surface area contributed by atoms with Crippen molar-refractivity contribution in [3.63, 3.8) is 0 Å². The molecule has 0 radical (unpaired) electrons. The Morgan fingerprint density at radius 2 is 2.17 bits per heavy atom. The first-order valence-electron chi connectivity index (χ1n) is 5.56. The molecule has 0 unspecified atom stereocenters. The smallest absolute Gasteiger partial charge is 0.251 e. The number of hydrogen-bond acceptors (Lipinski definition) is 3. The number of aliphatic hydroxyl groups is 1. The van der Waals surface area contributed by atoms with Crippen molar-refractivity contribution >= 4 is 33.4 Å². The third-order valence-electron chi connectivity index (χ3n) is 2.11. The second-order valence-electron chi connectivity index (χ2n) is 3.60. The molecule has 0 fully saturated rings. The van der Waals surface area contributed by atoms with Crippen LogP contribution in [0.5, 0.6) is 0 Å². The van der Waals surface area contributed by atoms with Crippen LogP contribution in [0.1, 0.15) is 16.8 Å². The molecule has 0 aliphatic rings. The van der Waals surface area contributed by atoms with Crippen LogP contribution in [0.15, 0.2) is 22.7 Å². The molecule has 1 aromatic carbocycles. The van der Waals surface area contributed by atoms with Gasteiger partial charge in [-0.2, -0.15) is 0 Å². The Kier molecular flexibility index (Phi) is 7.27. The first-order valence-corrected chi connectivity index (χ1v) is 6.73. The van der Waals surface area contributed by atoms with Crippen LogP contribution in [0.25, 0.3) is 0 Å². The number of rotatable bonds is 7. The van der Waals surface area contributed by atoms with E-state index in [2.05, 4.69) is 21.2 Å². The van der Waals surface area contributed by atoms with Crippen molar-refractivity contribution in [2.24, 2.45) is 0 Å². The monoisotopic (exact) mass is 335 g/mol. The zero-order valence-electron chi connectivity index (χ0n) is 9.79. The summed E-state index contributed by atoms with van der Waals surface area (Å²) in [5, 5.41) is 11.8. The lowest BCUT2D eigenvalue weighted by atomic mass is 10.2. The maximum atomic E-state index is 11.8. The van der Waals surface area contributed by atoms with Gasteiger partial charge in [0.05, 0.1) is 13.2 Å². The van der Waals surface area contributed by atoms with E-state index in [1.54, 1.807) is 18.2 Å². The van der Waals surface area contributed by atoms with E-state index in [-0.39, 0.29) is 12.5 Å². The molecule has 0 saturated heterocycles. The number of halogens is 2. The standard InChI is InChI=1S/C12H15BrClNO3/c13-10-6-9(7-11(14)8-10)12(17)15-2-1-4-18-5-3-16/h6-8,16H,1-5H2,(H,15,17).